The molecule has 3 N–H and O–H groups in total. The summed E-state index contributed by atoms with van der Waals surface area (Å²) in [6, 6.07) is 13.7. The number of benzene rings is 3. The first-order chi connectivity index (χ1) is 15.9. The molecule has 1 aliphatic carbocycles. The van der Waals surface area contributed by atoms with Crippen LogP contribution in [0.25, 0.3) is 32.8 Å². The number of ether oxygens (including phenoxy) is 1. The highest BCUT2D eigenvalue weighted by Crippen LogP contribution is 2.56. The lowest BCUT2D eigenvalue weighted by molar-refractivity contribution is -0.0115. The third kappa shape index (κ3) is 3.00. The van der Waals surface area contributed by atoms with Crippen LogP contribution in [-0.4, -0.2) is 21.5 Å². The van der Waals surface area contributed by atoms with Gasteiger partial charge in [0.15, 0.2) is 0 Å². The van der Waals surface area contributed by atoms with Crippen LogP contribution < -0.4 is 16.0 Å². The second-order valence-electron chi connectivity index (χ2n) is 10.2. The predicted molar refractivity (Wildman–Crippen MR) is 130 cm³/mol. The molecule has 3 atom stereocenters. The van der Waals surface area contributed by atoms with Crippen LogP contribution in [0.4, 0.5) is 0 Å². The number of nitrogens with zero attached hydrogens (tertiary/aromatic N) is 2. The van der Waals surface area contributed by atoms with Crippen molar-refractivity contribution >= 4 is 38.7 Å². The van der Waals surface area contributed by atoms with Gasteiger partial charge in [-0.25, -0.2) is 15.8 Å². The van der Waals surface area contributed by atoms with Crippen LogP contribution >= 0.6 is 0 Å². The van der Waals surface area contributed by atoms with Crippen molar-refractivity contribution in [2.75, 3.05) is 0 Å². The Morgan fingerprint density at radius 3 is 2.61 bits per heavy atom. The summed E-state index contributed by atoms with van der Waals surface area (Å²) < 4.78 is 6.79. The number of rotatable bonds is 1. The maximum atomic E-state index is 12.1. The van der Waals surface area contributed by atoms with Crippen molar-refractivity contribution in [1.82, 2.24) is 15.4 Å². The number of hydrazine groups is 1. The Kier molecular flexibility index (Phi) is 4.40. The predicted octanol–water partition coefficient (Wildman–Crippen LogP) is 5.23. The maximum absolute atomic E-state index is 12.1. The zero-order valence-electron chi connectivity index (χ0n) is 19.2. The largest absolute Gasteiger partial charge is 0.487 e. The summed E-state index contributed by atoms with van der Waals surface area (Å²) in [6.07, 6.45) is 3.49. The molecule has 4 aromatic rings. The van der Waals surface area contributed by atoms with Crippen molar-refractivity contribution in [1.29, 1.82) is 0 Å². The van der Waals surface area contributed by atoms with E-state index in [1.807, 2.05) is 12.1 Å². The topological polar surface area (TPSA) is 90.1 Å². The van der Waals surface area contributed by atoms with Crippen molar-refractivity contribution in [2.24, 2.45) is 17.7 Å². The summed E-state index contributed by atoms with van der Waals surface area (Å²) in [6.45, 7) is 6.80. The first-order valence-corrected chi connectivity index (χ1v) is 11.7. The average molecular weight is 441 g/mol. The van der Waals surface area contributed by atoms with E-state index in [2.05, 4.69) is 44.4 Å². The van der Waals surface area contributed by atoms with Crippen molar-refractivity contribution in [2.45, 2.75) is 51.6 Å². The molecule has 33 heavy (non-hydrogen) atoms. The van der Waals surface area contributed by atoms with Gasteiger partial charge in [0.1, 0.15) is 11.4 Å². The number of nitrogens with two attached hydrogens (primary N) is 1. The Morgan fingerprint density at radius 2 is 1.82 bits per heavy atom. The smallest absolute Gasteiger partial charge is 0.265 e. The highest BCUT2D eigenvalue weighted by atomic mass is 16.5. The quantitative estimate of drug-likeness (QED) is 0.139. The van der Waals surface area contributed by atoms with Gasteiger partial charge in [0.25, 0.3) is 5.91 Å². The molecule has 1 aromatic heterocycles. The lowest BCUT2D eigenvalue weighted by Crippen LogP contribution is -2.46. The number of nitrogen functional groups attached to an aromatic ring is 1. The molecule has 0 radical (unpaired) electrons. The van der Waals surface area contributed by atoms with E-state index >= 15 is 0 Å². The fourth-order valence-electron chi connectivity index (χ4n) is 6.12. The molecular weight excluding hydrogens is 412 g/mol. The molecule has 0 unspecified atom stereocenters. The normalized spacial score (nSPS) is 23.7. The standard InChI is InChI=1S/C27H28N4O2/c1-14-8-10-19-18(12-14)22-24-23(16-6-4-5-7-17(16)25(22)33-27(19,2)3)29-20-11-9-15(26(32)31-28)13-21(20)30-24/h4-7,9,11,13-14,18-19H,8,10,12,28H2,1-3H3,(H,31,32)/t14-,18-,19-/m0/s1. The molecule has 168 valence electrons. The number of hydrogen-bond donors (Lipinski definition) is 2. The number of carbonyl (C=O) groups is 1. The molecule has 3 aromatic carbocycles. The van der Waals surface area contributed by atoms with Gasteiger partial charge in [-0.2, -0.15) is 0 Å². The van der Waals surface area contributed by atoms with Gasteiger partial charge < -0.3 is 4.74 Å². The zero-order chi connectivity index (χ0) is 22.9. The summed E-state index contributed by atoms with van der Waals surface area (Å²) >= 11 is 0. The van der Waals surface area contributed by atoms with Crippen LogP contribution in [0.2, 0.25) is 0 Å². The number of carbonyl (C=O) groups excluding carboxylic acids is 1. The SMILES string of the molecule is C[C@H]1CC[C@H]2[C@H](C1)c1c(c3ccccc3c3nc4ccc(C(=O)NN)cc4nc13)OC2(C)C. The fraction of sp³-hybridized carbons (Fsp3) is 0.370. The Morgan fingerprint density at radius 1 is 1.06 bits per heavy atom. The van der Waals surface area contributed by atoms with Crippen LogP contribution in [0.15, 0.2) is 42.5 Å². The van der Waals surface area contributed by atoms with Gasteiger partial charge in [-0.05, 0) is 56.7 Å². The molecule has 6 nitrogen and oxygen atoms in total. The first-order valence-electron chi connectivity index (χ1n) is 11.7. The summed E-state index contributed by atoms with van der Waals surface area (Å²) in [7, 11) is 0. The van der Waals surface area contributed by atoms with E-state index in [1.54, 1.807) is 12.1 Å². The summed E-state index contributed by atoms with van der Waals surface area (Å²) in [4.78, 5) is 22.3. The van der Waals surface area contributed by atoms with Crippen LogP contribution in [0.1, 0.15) is 61.9 Å². The van der Waals surface area contributed by atoms with Crippen LogP contribution in [-0.2, 0) is 0 Å². The van der Waals surface area contributed by atoms with E-state index in [0.29, 0.717) is 28.8 Å². The second kappa shape index (κ2) is 7.12. The van der Waals surface area contributed by atoms with E-state index in [4.69, 9.17) is 20.5 Å². The van der Waals surface area contributed by atoms with Crippen molar-refractivity contribution < 1.29 is 9.53 Å². The minimum Gasteiger partial charge on any atom is -0.487 e. The molecule has 0 bridgehead atoms. The van der Waals surface area contributed by atoms with Gasteiger partial charge in [0.05, 0.1) is 22.1 Å². The van der Waals surface area contributed by atoms with E-state index in [1.165, 1.54) is 12.0 Å². The fourth-order valence-corrected chi connectivity index (χ4v) is 6.12. The third-order valence-electron chi connectivity index (χ3n) is 7.73. The number of amides is 1. The van der Waals surface area contributed by atoms with E-state index in [0.717, 1.165) is 45.9 Å². The van der Waals surface area contributed by atoms with E-state index in [9.17, 15) is 4.79 Å². The van der Waals surface area contributed by atoms with Gasteiger partial charge in [-0.3, -0.25) is 10.2 Å². The van der Waals surface area contributed by atoms with Crippen molar-refractivity contribution in [3.05, 3.63) is 53.6 Å². The lowest BCUT2D eigenvalue weighted by Gasteiger charge is -2.49. The van der Waals surface area contributed by atoms with Gasteiger partial charge in [0, 0.05) is 27.8 Å². The molecule has 6 heteroatoms. The number of nitrogens with one attached hydrogen (secondary N) is 1. The van der Waals surface area contributed by atoms with E-state index in [-0.39, 0.29) is 11.5 Å². The highest BCUT2D eigenvalue weighted by Gasteiger charge is 2.47. The van der Waals surface area contributed by atoms with Crippen LogP contribution in [0, 0.1) is 11.8 Å². The van der Waals surface area contributed by atoms with Gasteiger partial charge in [0.2, 0.25) is 0 Å². The minimum absolute atomic E-state index is 0.245. The lowest BCUT2D eigenvalue weighted by atomic mass is 9.64. The Hall–Kier alpha value is -3.25. The van der Waals surface area contributed by atoms with E-state index < -0.39 is 0 Å². The highest BCUT2D eigenvalue weighted by molar-refractivity contribution is 6.11. The Labute approximate surface area is 192 Å². The summed E-state index contributed by atoms with van der Waals surface area (Å²) in [5.74, 6) is 7.40. The molecule has 1 amide bonds. The Balaban J connectivity index is 1.72. The molecule has 2 heterocycles. The first kappa shape index (κ1) is 20.4. The zero-order valence-corrected chi connectivity index (χ0v) is 19.2. The molecule has 6 rings (SSSR count). The van der Waals surface area contributed by atoms with Gasteiger partial charge in [-0.1, -0.05) is 37.6 Å². The molecule has 1 aliphatic heterocycles. The third-order valence-corrected chi connectivity index (χ3v) is 7.73. The molecule has 1 fully saturated rings. The summed E-state index contributed by atoms with van der Waals surface area (Å²) in [5, 5.41) is 2.14. The Bertz CT molecular complexity index is 1450. The van der Waals surface area contributed by atoms with Crippen LogP contribution in [0.3, 0.4) is 0 Å². The number of aromatic nitrogens is 2. The number of hydrogen-bond acceptors (Lipinski definition) is 5. The average Bonchev–Trinajstić information content (AvgIpc) is 2.81. The van der Waals surface area contributed by atoms with Gasteiger partial charge >= 0.3 is 0 Å². The van der Waals surface area contributed by atoms with Crippen molar-refractivity contribution in [3.63, 3.8) is 0 Å². The van der Waals surface area contributed by atoms with Crippen molar-refractivity contribution in [3.8, 4) is 5.75 Å². The summed E-state index contributed by atoms with van der Waals surface area (Å²) in [5.41, 5.74) is 6.84. The minimum atomic E-state index is -0.342. The molecule has 2 aliphatic rings. The van der Waals surface area contributed by atoms with Crippen LogP contribution in [0.5, 0.6) is 5.75 Å². The monoisotopic (exact) mass is 440 g/mol. The molecule has 1 saturated carbocycles. The molecule has 0 saturated heterocycles. The molecule has 0 spiro atoms. The number of fused-ring (bicyclic) bond motifs is 9. The van der Waals surface area contributed by atoms with Gasteiger partial charge in [-0.15, -0.1) is 0 Å². The molecular formula is C27H28N4O2. The maximum Gasteiger partial charge on any atom is 0.265 e. The second-order valence-corrected chi connectivity index (χ2v) is 10.2.